The number of rotatable bonds is 2. The summed E-state index contributed by atoms with van der Waals surface area (Å²) in [5, 5.41) is 0. The first-order valence-corrected chi connectivity index (χ1v) is 6.69. The molecule has 2 aliphatic rings. The Morgan fingerprint density at radius 3 is 2.67 bits per heavy atom. The van der Waals surface area contributed by atoms with E-state index in [0.29, 0.717) is 6.10 Å². The fraction of sp³-hybridized carbons (Fsp3) is 0.294. The van der Waals surface area contributed by atoms with E-state index >= 15 is 0 Å². The maximum absolute atomic E-state index is 6.10. The van der Waals surface area contributed by atoms with E-state index in [1.165, 1.54) is 23.1 Å². The van der Waals surface area contributed by atoms with E-state index in [1.54, 1.807) is 0 Å². The molecule has 1 nitrogen and oxygen atoms in total. The van der Waals surface area contributed by atoms with Gasteiger partial charge in [0.1, 0.15) is 5.60 Å². The minimum Gasteiger partial charge on any atom is -0.361 e. The van der Waals surface area contributed by atoms with Crippen LogP contribution in [0, 0.1) is 0 Å². The lowest BCUT2D eigenvalue weighted by molar-refractivity contribution is 0.296. The number of ether oxygens (including phenoxy) is 1. The van der Waals surface area contributed by atoms with Gasteiger partial charge in [0.05, 0.1) is 6.10 Å². The molecule has 2 aromatic carbocycles. The summed E-state index contributed by atoms with van der Waals surface area (Å²) in [5.41, 5.74) is 4.25. The molecule has 2 aromatic rings. The van der Waals surface area contributed by atoms with Gasteiger partial charge in [-0.2, -0.15) is 0 Å². The summed E-state index contributed by atoms with van der Waals surface area (Å²) >= 11 is 0. The highest BCUT2D eigenvalue weighted by Gasteiger charge is 2.59. The van der Waals surface area contributed by atoms with Crippen LogP contribution in [0.5, 0.6) is 0 Å². The van der Waals surface area contributed by atoms with Crippen LogP contribution in [0.3, 0.4) is 0 Å². The lowest BCUT2D eigenvalue weighted by Crippen LogP contribution is -2.22. The largest absolute Gasteiger partial charge is 0.361 e. The molecule has 1 saturated heterocycles. The first-order valence-electron chi connectivity index (χ1n) is 6.69. The summed E-state index contributed by atoms with van der Waals surface area (Å²) in [5.74, 6) is 0. The van der Waals surface area contributed by atoms with Crippen LogP contribution in [-0.4, -0.2) is 6.10 Å². The van der Waals surface area contributed by atoms with Crippen molar-refractivity contribution in [2.24, 2.45) is 0 Å². The van der Waals surface area contributed by atoms with Gasteiger partial charge in [-0.15, -0.1) is 0 Å². The van der Waals surface area contributed by atoms with E-state index in [9.17, 15) is 0 Å². The van der Waals surface area contributed by atoms with Crippen LogP contribution in [0.15, 0.2) is 54.6 Å². The minimum atomic E-state index is -0.0177. The summed E-state index contributed by atoms with van der Waals surface area (Å²) < 4.78 is 6.10. The van der Waals surface area contributed by atoms with Crippen LogP contribution in [-0.2, 0) is 23.2 Å². The van der Waals surface area contributed by atoms with Gasteiger partial charge in [0.15, 0.2) is 0 Å². The van der Waals surface area contributed by atoms with Crippen molar-refractivity contribution in [1.29, 1.82) is 0 Å². The lowest BCUT2D eigenvalue weighted by Gasteiger charge is -2.21. The highest BCUT2D eigenvalue weighted by atomic mass is 16.6. The second-order valence-electron chi connectivity index (χ2n) is 5.35. The van der Waals surface area contributed by atoms with Crippen molar-refractivity contribution in [3.8, 4) is 0 Å². The van der Waals surface area contributed by atoms with Crippen molar-refractivity contribution >= 4 is 0 Å². The van der Waals surface area contributed by atoms with Gasteiger partial charge in [-0.05, 0) is 29.5 Å². The molecular weight excluding hydrogens is 220 g/mol. The number of hydrogen-bond donors (Lipinski definition) is 0. The predicted molar refractivity (Wildman–Crippen MR) is 71.5 cm³/mol. The van der Waals surface area contributed by atoms with E-state index < -0.39 is 0 Å². The van der Waals surface area contributed by atoms with Gasteiger partial charge in [-0.25, -0.2) is 0 Å². The normalized spacial score (nSPS) is 28.3. The van der Waals surface area contributed by atoms with Gasteiger partial charge in [0, 0.05) is 6.42 Å². The summed E-state index contributed by atoms with van der Waals surface area (Å²) in [6.07, 6.45) is 3.78. The molecule has 2 unspecified atom stereocenters. The minimum absolute atomic E-state index is 0.0177. The van der Waals surface area contributed by atoms with Crippen molar-refractivity contribution in [3.63, 3.8) is 0 Å². The van der Waals surface area contributed by atoms with E-state index in [-0.39, 0.29) is 5.60 Å². The van der Waals surface area contributed by atoms with Gasteiger partial charge >= 0.3 is 0 Å². The molecule has 0 amide bonds. The van der Waals surface area contributed by atoms with Gasteiger partial charge in [0.2, 0.25) is 0 Å². The van der Waals surface area contributed by atoms with Crippen LogP contribution >= 0.6 is 0 Å². The quantitative estimate of drug-likeness (QED) is 0.727. The lowest BCUT2D eigenvalue weighted by atomic mass is 9.79. The molecule has 0 N–H and O–H groups in total. The maximum Gasteiger partial charge on any atom is 0.124 e. The number of fused-ring (bicyclic) bond motifs is 3. The Hall–Kier alpha value is -1.60. The molecule has 0 saturated carbocycles. The third kappa shape index (κ3) is 1.44. The van der Waals surface area contributed by atoms with E-state index in [2.05, 4.69) is 54.6 Å². The number of epoxide rings is 1. The molecule has 0 bridgehead atoms. The van der Waals surface area contributed by atoms with Gasteiger partial charge in [-0.1, -0.05) is 54.6 Å². The average molecular weight is 236 g/mol. The topological polar surface area (TPSA) is 12.5 Å². The predicted octanol–water partition coefficient (Wildman–Crippen LogP) is 3.47. The number of benzene rings is 2. The standard InChI is InChI=1S/C17H16O/c1-2-6-13(7-3-1)12-17-15-9-5-4-8-14(15)10-11-16(17)18-17/h1-9,16H,10-12H2. The van der Waals surface area contributed by atoms with Crippen molar-refractivity contribution in [2.75, 3.05) is 0 Å². The summed E-state index contributed by atoms with van der Waals surface area (Å²) in [7, 11) is 0. The van der Waals surface area contributed by atoms with Gasteiger partial charge < -0.3 is 4.74 Å². The van der Waals surface area contributed by atoms with Crippen LogP contribution in [0.2, 0.25) is 0 Å². The Bertz CT molecular complexity index is 575. The molecule has 1 fully saturated rings. The van der Waals surface area contributed by atoms with Crippen LogP contribution < -0.4 is 0 Å². The van der Waals surface area contributed by atoms with E-state index in [0.717, 1.165) is 12.8 Å². The van der Waals surface area contributed by atoms with Gasteiger partial charge in [-0.3, -0.25) is 0 Å². The zero-order valence-electron chi connectivity index (χ0n) is 10.3. The van der Waals surface area contributed by atoms with Gasteiger partial charge in [0.25, 0.3) is 0 Å². The molecule has 2 atom stereocenters. The summed E-state index contributed by atoms with van der Waals surface area (Å²) in [6, 6.07) is 19.5. The Balaban J connectivity index is 1.74. The van der Waals surface area contributed by atoms with Crippen LogP contribution in [0.1, 0.15) is 23.1 Å². The van der Waals surface area contributed by atoms with Crippen molar-refractivity contribution in [2.45, 2.75) is 31.0 Å². The Kier molecular flexibility index (Phi) is 2.12. The molecule has 1 aliphatic carbocycles. The van der Waals surface area contributed by atoms with E-state index in [4.69, 9.17) is 4.74 Å². The Morgan fingerprint density at radius 1 is 1.00 bits per heavy atom. The fourth-order valence-corrected chi connectivity index (χ4v) is 3.34. The number of hydrogen-bond acceptors (Lipinski definition) is 1. The molecule has 4 rings (SSSR count). The first-order chi connectivity index (χ1) is 8.88. The second kappa shape index (κ2) is 3.69. The molecule has 0 spiro atoms. The average Bonchev–Trinajstić information content (AvgIpc) is 3.14. The van der Waals surface area contributed by atoms with Crippen molar-refractivity contribution in [3.05, 3.63) is 71.3 Å². The third-order valence-corrected chi connectivity index (χ3v) is 4.27. The molecule has 0 aromatic heterocycles. The Labute approximate surface area is 107 Å². The molecule has 1 heterocycles. The zero-order valence-corrected chi connectivity index (χ0v) is 10.3. The molecular formula is C17H16O. The third-order valence-electron chi connectivity index (χ3n) is 4.27. The Morgan fingerprint density at radius 2 is 1.78 bits per heavy atom. The highest BCUT2D eigenvalue weighted by Crippen LogP contribution is 2.54. The van der Waals surface area contributed by atoms with E-state index in [1.807, 2.05) is 0 Å². The maximum atomic E-state index is 6.10. The SMILES string of the molecule is c1ccc(CC23OC2CCc2ccccc23)cc1. The molecule has 1 aliphatic heterocycles. The molecule has 1 heteroatoms. The first kappa shape index (κ1) is 10.3. The summed E-state index contributed by atoms with van der Waals surface area (Å²) in [4.78, 5) is 0. The second-order valence-corrected chi connectivity index (χ2v) is 5.35. The molecule has 0 radical (unpaired) electrons. The summed E-state index contributed by atoms with van der Waals surface area (Å²) in [6.45, 7) is 0. The molecule has 18 heavy (non-hydrogen) atoms. The fourth-order valence-electron chi connectivity index (χ4n) is 3.34. The smallest absolute Gasteiger partial charge is 0.124 e. The van der Waals surface area contributed by atoms with Crippen molar-refractivity contribution in [1.82, 2.24) is 0 Å². The zero-order chi connectivity index (χ0) is 12.0. The van der Waals surface area contributed by atoms with Crippen molar-refractivity contribution < 1.29 is 4.74 Å². The van der Waals surface area contributed by atoms with Crippen LogP contribution in [0.4, 0.5) is 0 Å². The highest BCUT2D eigenvalue weighted by molar-refractivity contribution is 5.42. The van der Waals surface area contributed by atoms with Crippen LogP contribution in [0.25, 0.3) is 0 Å². The molecule has 90 valence electrons. The monoisotopic (exact) mass is 236 g/mol. The number of aryl methyl sites for hydroxylation is 1.